The van der Waals surface area contributed by atoms with Gasteiger partial charge in [0, 0.05) is 17.7 Å². The van der Waals surface area contributed by atoms with Gasteiger partial charge >= 0.3 is 11.9 Å². The monoisotopic (exact) mass is 262 g/mol. The summed E-state index contributed by atoms with van der Waals surface area (Å²) < 4.78 is 9.97. The number of carbonyl (C=O) groups is 1. The van der Waals surface area contributed by atoms with E-state index in [4.69, 9.17) is 9.15 Å². The Morgan fingerprint density at radius 3 is 2.68 bits per heavy atom. The van der Waals surface area contributed by atoms with E-state index >= 15 is 0 Å². The summed E-state index contributed by atoms with van der Waals surface area (Å²) in [7, 11) is 0. The number of oxazole rings is 1. The fraction of sp³-hybridized carbons (Fsp3) is 0.167. The summed E-state index contributed by atoms with van der Waals surface area (Å²) in [5, 5.41) is 10.5. The zero-order chi connectivity index (χ0) is 13.8. The Morgan fingerprint density at radius 1 is 1.42 bits per heavy atom. The van der Waals surface area contributed by atoms with Gasteiger partial charge in [0.15, 0.2) is 5.76 Å². The summed E-state index contributed by atoms with van der Waals surface area (Å²) in [6.45, 7) is 1.91. The van der Waals surface area contributed by atoms with Crippen molar-refractivity contribution in [3.8, 4) is 11.3 Å². The van der Waals surface area contributed by atoms with E-state index in [9.17, 15) is 14.9 Å². The Labute approximate surface area is 108 Å². The lowest BCUT2D eigenvalue weighted by molar-refractivity contribution is -0.384. The van der Waals surface area contributed by atoms with Crippen LogP contribution in [0.1, 0.15) is 17.6 Å². The zero-order valence-corrected chi connectivity index (χ0v) is 10.0. The summed E-state index contributed by atoms with van der Waals surface area (Å²) in [5.74, 6) is -0.441. The van der Waals surface area contributed by atoms with Crippen molar-refractivity contribution in [2.24, 2.45) is 0 Å². The van der Waals surface area contributed by atoms with Gasteiger partial charge < -0.3 is 9.15 Å². The van der Waals surface area contributed by atoms with Crippen molar-refractivity contribution in [3.63, 3.8) is 0 Å². The molecule has 0 aliphatic heterocycles. The molecule has 0 saturated carbocycles. The van der Waals surface area contributed by atoms with Gasteiger partial charge in [0.05, 0.1) is 17.7 Å². The number of nitro benzene ring substituents is 1. The zero-order valence-electron chi connectivity index (χ0n) is 10.0. The number of nitro groups is 1. The summed E-state index contributed by atoms with van der Waals surface area (Å²) in [6.07, 6.45) is 1.37. The number of aromatic nitrogens is 1. The minimum absolute atomic E-state index is 0.0196. The predicted octanol–water partition coefficient (Wildman–Crippen LogP) is 2.43. The van der Waals surface area contributed by atoms with Gasteiger partial charge in [-0.2, -0.15) is 0 Å². The molecule has 0 fully saturated rings. The first-order valence-electron chi connectivity index (χ1n) is 5.49. The maximum Gasteiger partial charge on any atom is 0.394 e. The molecular formula is C12H10N2O5. The largest absolute Gasteiger partial charge is 0.459 e. The highest BCUT2D eigenvalue weighted by atomic mass is 16.6. The van der Waals surface area contributed by atoms with Gasteiger partial charge in [-0.15, -0.1) is 0 Å². The van der Waals surface area contributed by atoms with E-state index in [1.165, 1.54) is 30.5 Å². The van der Waals surface area contributed by atoms with Crippen LogP contribution < -0.4 is 0 Å². The average molecular weight is 262 g/mol. The Kier molecular flexibility index (Phi) is 3.56. The molecule has 1 heterocycles. The first-order chi connectivity index (χ1) is 9.11. The molecule has 1 aromatic carbocycles. The molecule has 7 heteroatoms. The molecule has 0 N–H and O–H groups in total. The molecule has 0 unspecified atom stereocenters. The molecule has 1 aromatic heterocycles. The quantitative estimate of drug-likeness (QED) is 0.477. The fourth-order valence-electron chi connectivity index (χ4n) is 1.44. The van der Waals surface area contributed by atoms with Crippen LogP contribution in [0, 0.1) is 10.1 Å². The topological polar surface area (TPSA) is 95.5 Å². The third kappa shape index (κ3) is 2.76. The molecule has 0 bridgehead atoms. The molecular weight excluding hydrogens is 252 g/mol. The molecule has 0 saturated heterocycles. The van der Waals surface area contributed by atoms with Crippen LogP contribution in [0.25, 0.3) is 11.3 Å². The van der Waals surface area contributed by atoms with Gasteiger partial charge in [-0.25, -0.2) is 9.78 Å². The first-order valence-corrected chi connectivity index (χ1v) is 5.49. The van der Waals surface area contributed by atoms with Crippen LogP contribution in [0.4, 0.5) is 5.69 Å². The lowest BCUT2D eigenvalue weighted by Crippen LogP contribution is -2.04. The SMILES string of the molecule is CCOC(=O)c1ncc(-c2ccc([N+](=O)[O-])cc2)o1. The number of carbonyl (C=O) groups excluding carboxylic acids is 1. The van der Waals surface area contributed by atoms with Gasteiger partial charge in [-0.3, -0.25) is 10.1 Å². The average Bonchev–Trinajstić information content (AvgIpc) is 2.89. The van der Waals surface area contributed by atoms with Crippen molar-refractivity contribution in [2.75, 3.05) is 6.61 Å². The molecule has 0 atom stereocenters. The summed E-state index contributed by atoms with van der Waals surface area (Å²) in [6, 6.07) is 5.74. The van der Waals surface area contributed by atoms with Gasteiger partial charge in [-0.05, 0) is 19.1 Å². The van der Waals surface area contributed by atoms with E-state index in [1.807, 2.05) is 0 Å². The second-order valence-electron chi connectivity index (χ2n) is 3.55. The van der Waals surface area contributed by atoms with Gasteiger partial charge in [0.25, 0.3) is 5.69 Å². The molecule has 2 aromatic rings. The van der Waals surface area contributed by atoms with Crippen molar-refractivity contribution >= 4 is 11.7 Å². The maximum atomic E-state index is 11.4. The molecule has 0 aliphatic rings. The molecule has 0 aliphatic carbocycles. The summed E-state index contributed by atoms with van der Waals surface area (Å²) in [4.78, 5) is 25.2. The van der Waals surface area contributed by atoms with Crippen molar-refractivity contribution in [1.29, 1.82) is 0 Å². The number of esters is 1. The van der Waals surface area contributed by atoms with Crippen LogP contribution in [0.2, 0.25) is 0 Å². The second kappa shape index (κ2) is 5.30. The number of benzene rings is 1. The maximum absolute atomic E-state index is 11.4. The lowest BCUT2D eigenvalue weighted by Gasteiger charge is -1.97. The number of rotatable bonds is 4. The first kappa shape index (κ1) is 12.7. The molecule has 0 radical (unpaired) electrons. The van der Waals surface area contributed by atoms with E-state index in [1.54, 1.807) is 6.92 Å². The molecule has 7 nitrogen and oxygen atoms in total. The third-order valence-corrected chi connectivity index (χ3v) is 2.32. The molecule has 98 valence electrons. The second-order valence-corrected chi connectivity index (χ2v) is 3.55. The van der Waals surface area contributed by atoms with Crippen molar-refractivity contribution in [1.82, 2.24) is 4.98 Å². The highest BCUT2D eigenvalue weighted by molar-refractivity contribution is 5.84. The highest BCUT2D eigenvalue weighted by Gasteiger charge is 2.15. The predicted molar refractivity (Wildman–Crippen MR) is 64.5 cm³/mol. The van der Waals surface area contributed by atoms with Crippen LogP contribution >= 0.6 is 0 Å². The highest BCUT2D eigenvalue weighted by Crippen LogP contribution is 2.23. The number of hydrogen-bond donors (Lipinski definition) is 0. The summed E-state index contributed by atoms with van der Waals surface area (Å²) >= 11 is 0. The number of nitrogens with zero attached hydrogens (tertiary/aromatic N) is 2. The Hall–Kier alpha value is -2.70. The molecule has 0 spiro atoms. The Morgan fingerprint density at radius 2 is 2.11 bits per heavy atom. The van der Waals surface area contributed by atoms with Crippen molar-refractivity contribution < 1.29 is 18.9 Å². The minimum atomic E-state index is -0.643. The van der Waals surface area contributed by atoms with Crippen LogP contribution in [0.15, 0.2) is 34.9 Å². The third-order valence-electron chi connectivity index (χ3n) is 2.32. The number of hydrogen-bond acceptors (Lipinski definition) is 6. The Bertz CT molecular complexity index is 603. The molecule has 19 heavy (non-hydrogen) atoms. The standard InChI is InChI=1S/C12H10N2O5/c1-2-18-12(15)11-13-7-10(19-11)8-3-5-9(6-4-8)14(16)17/h3-7H,2H2,1H3. The van der Waals surface area contributed by atoms with Crippen LogP contribution in [-0.4, -0.2) is 22.5 Å². The fourth-order valence-corrected chi connectivity index (χ4v) is 1.44. The van der Waals surface area contributed by atoms with Crippen LogP contribution in [0.5, 0.6) is 0 Å². The van der Waals surface area contributed by atoms with Crippen LogP contribution in [-0.2, 0) is 4.74 Å². The van der Waals surface area contributed by atoms with E-state index in [0.29, 0.717) is 11.3 Å². The van der Waals surface area contributed by atoms with Crippen molar-refractivity contribution in [3.05, 3.63) is 46.5 Å². The van der Waals surface area contributed by atoms with Gasteiger partial charge in [0.2, 0.25) is 0 Å². The van der Waals surface area contributed by atoms with E-state index in [0.717, 1.165) is 0 Å². The van der Waals surface area contributed by atoms with E-state index in [2.05, 4.69) is 4.98 Å². The summed E-state index contributed by atoms with van der Waals surface area (Å²) in [5.41, 5.74) is 0.572. The van der Waals surface area contributed by atoms with E-state index < -0.39 is 10.9 Å². The van der Waals surface area contributed by atoms with E-state index in [-0.39, 0.29) is 18.2 Å². The van der Waals surface area contributed by atoms with Gasteiger partial charge in [-0.1, -0.05) is 0 Å². The minimum Gasteiger partial charge on any atom is -0.459 e. The van der Waals surface area contributed by atoms with Crippen LogP contribution in [0.3, 0.4) is 0 Å². The smallest absolute Gasteiger partial charge is 0.394 e. The number of non-ortho nitro benzene ring substituents is 1. The van der Waals surface area contributed by atoms with Crippen molar-refractivity contribution in [2.45, 2.75) is 6.92 Å². The Balaban J connectivity index is 2.23. The molecule has 2 rings (SSSR count). The van der Waals surface area contributed by atoms with Gasteiger partial charge in [0.1, 0.15) is 0 Å². The normalized spacial score (nSPS) is 10.2. The molecule has 0 amide bonds. The lowest BCUT2D eigenvalue weighted by atomic mass is 10.2. The number of ether oxygens (including phenoxy) is 1.